The third-order valence-electron chi connectivity index (χ3n) is 6.23. The zero-order chi connectivity index (χ0) is 31.1. The summed E-state index contributed by atoms with van der Waals surface area (Å²) in [6.45, 7) is 3.53. The number of halogens is 3. The van der Waals surface area contributed by atoms with Gasteiger partial charge in [-0.05, 0) is 62.4 Å². The highest BCUT2D eigenvalue weighted by Crippen LogP contribution is 2.41. The van der Waals surface area contributed by atoms with Crippen LogP contribution in [0, 0.1) is 11.3 Å². The molecule has 222 valence electrons. The molecule has 1 aliphatic heterocycles. The van der Waals surface area contributed by atoms with Crippen LogP contribution in [0.3, 0.4) is 0 Å². The molecule has 2 heterocycles. The van der Waals surface area contributed by atoms with Crippen molar-refractivity contribution in [3.63, 3.8) is 0 Å². The molecule has 2 amide bonds. The van der Waals surface area contributed by atoms with Crippen LogP contribution in [-0.2, 0) is 20.5 Å². The summed E-state index contributed by atoms with van der Waals surface area (Å²) in [6.07, 6.45) is -3.26. The predicted octanol–water partition coefficient (Wildman–Crippen LogP) is 6.18. The number of thioether (sulfide) groups is 1. The Bertz CT molecular complexity index is 1620. The standard InChI is InChI=1S/C30H25F3N4O5S/c1-3-41-29(40)18-10-12-19(13-11-18)36-27(39)25-17(2)35-28(20(15-34)26(25)23-9-6-14-42-23)43-16-24(38)37-22-8-5-4-7-21(22)30(31,32)33/h4-14,26,35H,3,16H2,1-2H3,(H,36,39)(H,37,38)/t26-/m1/s1. The quantitative estimate of drug-likeness (QED) is 0.245. The first-order chi connectivity index (χ1) is 20.5. The Balaban J connectivity index is 1.55. The fourth-order valence-corrected chi connectivity index (χ4v) is 5.23. The zero-order valence-corrected chi connectivity index (χ0v) is 23.7. The van der Waals surface area contributed by atoms with Crippen molar-refractivity contribution in [1.82, 2.24) is 5.32 Å². The number of furan rings is 1. The lowest BCUT2D eigenvalue weighted by atomic mass is 9.85. The van der Waals surface area contributed by atoms with Crippen molar-refractivity contribution in [2.75, 3.05) is 23.0 Å². The largest absolute Gasteiger partial charge is 0.468 e. The van der Waals surface area contributed by atoms with E-state index in [2.05, 4.69) is 22.0 Å². The number of carbonyl (C=O) groups is 3. The normalized spacial score (nSPS) is 14.9. The summed E-state index contributed by atoms with van der Waals surface area (Å²) in [4.78, 5) is 38.1. The number of ether oxygens (including phenoxy) is 1. The monoisotopic (exact) mass is 610 g/mol. The van der Waals surface area contributed by atoms with Gasteiger partial charge in [0.25, 0.3) is 5.91 Å². The molecule has 9 nitrogen and oxygen atoms in total. The van der Waals surface area contributed by atoms with Crippen molar-refractivity contribution >= 4 is 40.9 Å². The summed E-state index contributed by atoms with van der Waals surface area (Å²) < 4.78 is 50.6. The molecule has 13 heteroatoms. The maximum absolute atomic E-state index is 13.5. The van der Waals surface area contributed by atoms with Gasteiger partial charge in [0.05, 0.1) is 63.6 Å². The molecule has 0 unspecified atom stereocenters. The van der Waals surface area contributed by atoms with Gasteiger partial charge in [-0.25, -0.2) is 4.79 Å². The topological polar surface area (TPSA) is 133 Å². The molecular formula is C30H25F3N4O5S. The average molecular weight is 611 g/mol. The first-order valence-corrected chi connectivity index (χ1v) is 13.8. The fourth-order valence-electron chi connectivity index (χ4n) is 4.33. The molecule has 4 rings (SSSR count). The zero-order valence-electron chi connectivity index (χ0n) is 22.9. The minimum atomic E-state index is -4.66. The van der Waals surface area contributed by atoms with Gasteiger partial charge in [-0.3, -0.25) is 9.59 Å². The lowest BCUT2D eigenvalue weighted by Crippen LogP contribution is -2.31. The molecule has 2 aromatic carbocycles. The molecular weight excluding hydrogens is 585 g/mol. The number of nitriles is 1. The molecule has 43 heavy (non-hydrogen) atoms. The van der Waals surface area contributed by atoms with Crippen LogP contribution in [0.15, 0.2) is 93.2 Å². The highest BCUT2D eigenvalue weighted by atomic mass is 32.2. The first kappa shape index (κ1) is 31.0. The maximum atomic E-state index is 13.5. The second kappa shape index (κ2) is 13.3. The molecule has 3 aromatic rings. The molecule has 1 aromatic heterocycles. The molecule has 0 aliphatic carbocycles. The minimum Gasteiger partial charge on any atom is -0.468 e. The van der Waals surface area contributed by atoms with Crippen LogP contribution in [0.4, 0.5) is 24.5 Å². The SMILES string of the molecule is CCOC(=O)c1ccc(NC(=O)C2=C(C)NC(SCC(=O)Nc3ccccc3C(F)(F)F)=C(C#N)[C@@H]2c2ccco2)cc1. The van der Waals surface area contributed by atoms with Crippen molar-refractivity contribution in [3.8, 4) is 6.07 Å². The lowest BCUT2D eigenvalue weighted by Gasteiger charge is -2.28. The van der Waals surface area contributed by atoms with Crippen LogP contribution in [0.2, 0.25) is 0 Å². The van der Waals surface area contributed by atoms with Crippen molar-refractivity contribution in [1.29, 1.82) is 5.26 Å². The van der Waals surface area contributed by atoms with Crippen molar-refractivity contribution in [2.45, 2.75) is 25.9 Å². The highest BCUT2D eigenvalue weighted by molar-refractivity contribution is 8.03. The molecule has 3 N–H and O–H groups in total. The molecule has 0 fully saturated rings. The van der Waals surface area contributed by atoms with Crippen molar-refractivity contribution in [2.24, 2.45) is 0 Å². The van der Waals surface area contributed by atoms with E-state index in [0.717, 1.165) is 23.9 Å². The van der Waals surface area contributed by atoms with Crippen LogP contribution in [0.25, 0.3) is 0 Å². The van der Waals surface area contributed by atoms with E-state index in [1.54, 1.807) is 26.0 Å². The van der Waals surface area contributed by atoms with Gasteiger partial charge in [0, 0.05) is 11.4 Å². The number of hydrogen-bond acceptors (Lipinski definition) is 8. The number of dihydropyridines is 1. The number of alkyl halides is 3. The third-order valence-corrected chi connectivity index (χ3v) is 7.25. The molecule has 0 saturated carbocycles. The number of nitrogens with zero attached hydrogens (tertiary/aromatic N) is 1. The van der Waals surface area contributed by atoms with E-state index < -0.39 is 35.4 Å². The van der Waals surface area contributed by atoms with Crippen molar-refractivity contribution < 1.29 is 36.7 Å². The number of para-hydroxylation sites is 1. The molecule has 1 atom stereocenters. The van der Waals surface area contributed by atoms with Gasteiger partial charge >= 0.3 is 12.1 Å². The molecule has 0 radical (unpaired) electrons. The van der Waals surface area contributed by atoms with E-state index in [-0.39, 0.29) is 34.2 Å². The Morgan fingerprint density at radius 3 is 2.42 bits per heavy atom. The predicted molar refractivity (Wildman–Crippen MR) is 153 cm³/mol. The average Bonchev–Trinajstić information content (AvgIpc) is 3.50. The second-order valence-electron chi connectivity index (χ2n) is 9.10. The highest BCUT2D eigenvalue weighted by Gasteiger charge is 2.37. The molecule has 0 saturated heterocycles. The van der Waals surface area contributed by atoms with Gasteiger partial charge in [0.2, 0.25) is 5.91 Å². The van der Waals surface area contributed by atoms with Crippen LogP contribution in [-0.4, -0.2) is 30.1 Å². The Hall–Kier alpha value is -4.96. The summed E-state index contributed by atoms with van der Waals surface area (Å²) in [5.41, 5.74) is -0.0492. The maximum Gasteiger partial charge on any atom is 0.418 e. The summed E-state index contributed by atoms with van der Waals surface area (Å²) in [6, 6.07) is 16.0. The number of anilines is 2. The number of carbonyl (C=O) groups excluding carboxylic acids is 3. The van der Waals surface area contributed by atoms with Gasteiger partial charge < -0.3 is 25.1 Å². The number of allylic oxidation sites excluding steroid dienone is 2. The molecule has 0 bridgehead atoms. The van der Waals surface area contributed by atoms with Crippen molar-refractivity contribution in [3.05, 3.63) is 106 Å². The smallest absolute Gasteiger partial charge is 0.418 e. The third kappa shape index (κ3) is 7.28. The Morgan fingerprint density at radius 1 is 1.07 bits per heavy atom. The lowest BCUT2D eigenvalue weighted by molar-refractivity contribution is -0.137. The van der Waals surface area contributed by atoms with E-state index in [0.29, 0.717) is 22.7 Å². The van der Waals surface area contributed by atoms with Gasteiger partial charge in [-0.2, -0.15) is 18.4 Å². The summed E-state index contributed by atoms with van der Waals surface area (Å²) in [5, 5.41) is 18.4. The van der Waals surface area contributed by atoms with E-state index in [1.807, 2.05) is 0 Å². The number of nitrogens with one attached hydrogen (secondary N) is 3. The number of esters is 1. The number of amides is 2. The van der Waals surface area contributed by atoms with E-state index in [1.165, 1.54) is 42.7 Å². The Kier molecular flexibility index (Phi) is 9.62. The van der Waals surface area contributed by atoms with E-state index in [4.69, 9.17) is 9.15 Å². The van der Waals surface area contributed by atoms with Gasteiger partial charge in [-0.1, -0.05) is 23.9 Å². The fraction of sp³-hybridized carbons (Fsp3) is 0.200. The number of hydrogen-bond donors (Lipinski definition) is 3. The van der Waals surface area contributed by atoms with Crippen LogP contribution in [0.5, 0.6) is 0 Å². The number of rotatable bonds is 9. The minimum absolute atomic E-state index is 0.0804. The Morgan fingerprint density at radius 2 is 1.79 bits per heavy atom. The van der Waals surface area contributed by atoms with Gasteiger partial charge in [0.15, 0.2) is 0 Å². The first-order valence-electron chi connectivity index (χ1n) is 12.9. The summed E-state index contributed by atoms with van der Waals surface area (Å²) >= 11 is 0.903. The van der Waals surface area contributed by atoms with Gasteiger partial charge in [-0.15, -0.1) is 0 Å². The van der Waals surface area contributed by atoms with Crippen LogP contribution in [0.1, 0.15) is 41.4 Å². The number of benzene rings is 2. The van der Waals surface area contributed by atoms with E-state index >= 15 is 0 Å². The molecule has 1 aliphatic rings. The molecule has 0 spiro atoms. The second-order valence-corrected chi connectivity index (χ2v) is 10.1. The van der Waals surface area contributed by atoms with Gasteiger partial charge in [0.1, 0.15) is 5.76 Å². The summed E-state index contributed by atoms with van der Waals surface area (Å²) in [7, 11) is 0. The summed E-state index contributed by atoms with van der Waals surface area (Å²) in [5.74, 6) is -2.75. The Labute approximate surface area is 248 Å². The van der Waals surface area contributed by atoms with E-state index in [9.17, 15) is 32.8 Å². The van der Waals surface area contributed by atoms with Crippen LogP contribution >= 0.6 is 11.8 Å². The van der Waals surface area contributed by atoms with Crippen LogP contribution < -0.4 is 16.0 Å².